The molecule has 26 heavy (non-hydrogen) atoms. The molecule has 2 amide bonds. The van der Waals surface area contributed by atoms with E-state index >= 15 is 0 Å². The Labute approximate surface area is 157 Å². The van der Waals surface area contributed by atoms with Crippen molar-refractivity contribution in [1.29, 1.82) is 0 Å². The zero-order valence-electron chi connectivity index (χ0n) is 14.8. The van der Waals surface area contributed by atoms with E-state index in [1.165, 1.54) is 0 Å². The van der Waals surface area contributed by atoms with Crippen molar-refractivity contribution in [3.63, 3.8) is 0 Å². The lowest BCUT2D eigenvalue weighted by atomic mass is 9.68. The molecule has 1 saturated carbocycles. The average Bonchev–Trinajstić information content (AvgIpc) is 2.93. The second kappa shape index (κ2) is 6.74. The minimum absolute atomic E-state index is 0.0101. The van der Waals surface area contributed by atoms with Crippen LogP contribution < -0.4 is 5.32 Å². The van der Waals surface area contributed by atoms with Gasteiger partial charge in [-0.1, -0.05) is 23.7 Å². The molecule has 1 aliphatic carbocycles. The van der Waals surface area contributed by atoms with Crippen molar-refractivity contribution in [2.75, 3.05) is 26.3 Å². The first-order chi connectivity index (χ1) is 12.4. The van der Waals surface area contributed by atoms with E-state index in [0.717, 1.165) is 29.2 Å². The lowest BCUT2D eigenvalue weighted by molar-refractivity contribution is -0.149. The number of amides is 2. The molecule has 0 radical (unpaired) electrons. The maximum atomic E-state index is 12.5. The zero-order valence-corrected chi connectivity index (χ0v) is 15.6. The van der Waals surface area contributed by atoms with Gasteiger partial charge in [-0.15, -0.1) is 0 Å². The summed E-state index contributed by atoms with van der Waals surface area (Å²) in [5.74, 6) is 0.605. The van der Waals surface area contributed by atoms with Gasteiger partial charge in [0.15, 0.2) is 0 Å². The zero-order chi connectivity index (χ0) is 18.3. The first-order valence-electron chi connectivity index (χ1n) is 9.01. The van der Waals surface area contributed by atoms with E-state index in [0.29, 0.717) is 38.6 Å². The first kappa shape index (κ1) is 17.6. The summed E-state index contributed by atoms with van der Waals surface area (Å²) in [6.45, 7) is 5.10. The number of nitrogens with zero attached hydrogens (tertiary/aromatic N) is 1. The van der Waals surface area contributed by atoms with Crippen molar-refractivity contribution in [3.05, 3.63) is 34.3 Å². The smallest absolute Gasteiger partial charge is 0.407 e. The molecule has 1 aromatic rings. The second-order valence-electron chi connectivity index (χ2n) is 7.79. The van der Waals surface area contributed by atoms with Crippen molar-refractivity contribution >= 4 is 23.6 Å². The van der Waals surface area contributed by atoms with E-state index in [4.69, 9.17) is 21.1 Å². The molecule has 1 aromatic carbocycles. The van der Waals surface area contributed by atoms with Gasteiger partial charge in [0.1, 0.15) is 6.61 Å². The number of ether oxygens (including phenoxy) is 2. The number of halogens is 1. The number of hydrogen-bond donors (Lipinski definition) is 1. The van der Waals surface area contributed by atoms with E-state index in [1.54, 1.807) is 0 Å². The van der Waals surface area contributed by atoms with Crippen LogP contribution in [-0.2, 0) is 20.9 Å². The monoisotopic (exact) mass is 378 g/mol. The van der Waals surface area contributed by atoms with Gasteiger partial charge in [0.25, 0.3) is 0 Å². The van der Waals surface area contributed by atoms with E-state index < -0.39 is 0 Å². The minimum Gasteiger partial charge on any atom is -0.447 e. The van der Waals surface area contributed by atoms with Gasteiger partial charge in [-0.2, -0.15) is 0 Å². The summed E-state index contributed by atoms with van der Waals surface area (Å²) in [4.78, 5) is 25.5. The Kier molecular flexibility index (Phi) is 4.57. The number of nitrogens with one attached hydrogen (secondary N) is 1. The number of likely N-dealkylation sites (tertiary alicyclic amines) is 1. The SMILES string of the molecule is Cc1cc(COCC2CN(C(=O)C3CC4(COC(=O)N4)C3)C2)ccc1Cl. The largest absolute Gasteiger partial charge is 0.447 e. The summed E-state index contributed by atoms with van der Waals surface area (Å²) in [5, 5.41) is 3.59. The van der Waals surface area contributed by atoms with Gasteiger partial charge in [-0.3, -0.25) is 4.79 Å². The minimum atomic E-state index is -0.368. The van der Waals surface area contributed by atoms with Crippen LogP contribution in [0.4, 0.5) is 4.79 Å². The van der Waals surface area contributed by atoms with Crippen molar-refractivity contribution in [2.24, 2.45) is 11.8 Å². The number of alkyl carbamates (subject to hydrolysis) is 1. The highest BCUT2D eigenvalue weighted by Crippen LogP contribution is 2.42. The van der Waals surface area contributed by atoms with Crippen LogP contribution in [0.3, 0.4) is 0 Å². The molecule has 1 N–H and O–H groups in total. The summed E-state index contributed by atoms with van der Waals surface area (Å²) in [6, 6.07) is 5.91. The molecule has 1 spiro atoms. The highest BCUT2D eigenvalue weighted by molar-refractivity contribution is 6.31. The van der Waals surface area contributed by atoms with Crippen LogP contribution in [0.15, 0.2) is 18.2 Å². The summed E-state index contributed by atoms with van der Waals surface area (Å²) in [6.07, 6.45) is 1.00. The van der Waals surface area contributed by atoms with Crippen LogP contribution in [0.1, 0.15) is 24.0 Å². The summed E-state index contributed by atoms with van der Waals surface area (Å²) in [5.41, 5.74) is 1.87. The predicted octanol–water partition coefficient (Wildman–Crippen LogP) is 2.51. The summed E-state index contributed by atoms with van der Waals surface area (Å²) >= 11 is 6.03. The second-order valence-corrected chi connectivity index (χ2v) is 8.20. The Balaban J connectivity index is 1.15. The highest BCUT2D eigenvalue weighted by Gasteiger charge is 2.54. The number of carbonyl (C=O) groups excluding carboxylic acids is 2. The molecule has 0 bridgehead atoms. The third kappa shape index (κ3) is 3.40. The standard InChI is InChI=1S/C19H23ClN2O4/c1-12-4-13(2-3-16(12)20)9-25-10-14-7-22(8-14)17(23)15-5-19(6-15)11-26-18(24)21-19/h2-4,14-15H,5-11H2,1H3,(H,21,24). The molecule has 140 valence electrons. The van der Waals surface area contributed by atoms with Gasteiger partial charge < -0.3 is 19.7 Å². The Hall–Kier alpha value is -1.79. The average molecular weight is 379 g/mol. The van der Waals surface area contributed by atoms with E-state index in [9.17, 15) is 9.59 Å². The lowest BCUT2D eigenvalue weighted by Crippen LogP contribution is -2.61. The molecule has 0 unspecified atom stereocenters. The van der Waals surface area contributed by atoms with Gasteiger partial charge in [-0.25, -0.2) is 4.79 Å². The molecular formula is C19H23ClN2O4. The fourth-order valence-corrected chi connectivity index (χ4v) is 4.14. The van der Waals surface area contributed by atoms with Gasteiger partial charge in [0.2, 0.25) is 5.91 Å². The number of carbonyl (C=O) groups is 2. The van der Waals surface area contributed by atoms with Gasteiger partial charge in [0, 0.05) is 29.9 Å². The van der Waals surface area contributed by atoms with Crippen LogP contribution in [0, 0.1) is 18.8 Å². The molecule has 4 rings (SSSR count). The van der Waals surface area contributed by atoms with Crippen molar-refractivity contribution in [1.82, 2.24) is 10.2 Å². The van der Waals surface area contributed by atoms with Crippen LogP contribution in [0.5, 0.6) is 0 Å². The van der Waals surface area contributed by atoms with Gasteiger partial charge >= 0.3 is 6.09 Å². The number of cyclic esters (lactones) is 1. The Morgan fingerprint density at radius 2 is 2.19 bits per heavy atom. The topological polar surface area (TPSA) is 67.9 Å². The number of aryl methyl sites for hydroxylation is 1. The van der Waals surface area contributed by atoms with E-state index in [1.807, 2.05) is 30.0 Å². The molecule has 6 nitrogen and oxygen atoms in total. The van der Waals surface area contributed by atoms with Gasteiger partial charge in [-0.05, 0) is 37.0 Å². The predicted molar refractivity (Wildman–Crippen MR) is 95.9 cm³/mol. The fourth-order valence-electron chi connectivity index (χ4n) is 4.02. The van der Waals surface area contributed by atoms with Crippen molar-refractivity contribution < 1.29 is 19.1 Å². The van der Waals surface area contributed by atoms with E-state index in [-0.39, 0.29) is 23.5 Å². The molecule has 2 aliphatic heterocycles. The molecule has 3 aliphatic rings. The Bertz CT molecular complexity index is 726. The van der Waals surface area contributed by atoms with Crippen LogP contribution in [-0.4, -0.2) is 48.7 Å². The highest BCUT2D eigenvalue weighted by atomic mass is 35.5. The molecule has 2 heterocycles. The lowest BCUT2D eigenvalue weighted by Gasteiger charge is -2.47. The molecule has 3 fully saturated rings. The first-order valence-corrected chi connectivity index (χ1v) is 9.38. The third-order valence-electron chi connectivity index (χ3n) is 5.58. The summed E-state index contributed by atoms with van der Waals surface area (Å²) in [7, 11) is 0. The quantitative estimate of drug-likeness (QED) is 0.854. The van der Waals surface area contributed by atoms with Crippen LogP contribution in [0.2, 0.25) is 5.02 Å². The van der Waals surface area contributed by atoms with Crippen LogP contribution >= 0.6 is 11.6 Å². The molecule has 0 aromatic heterocycles. The maximum absolute atomic E-state index is 12.5. The van der Waals surface area contributed by atoms with Crippen LogP contribution in [0.25, 0.3) is 0 Å². The normalized spacial score (nSPS) is 27.7. The Morgan fingerprint density at radius 1 is 1.42 bits per heavy atom. The van der Waals surface area contributed by atoms with E-state index in [2.05, 4.69) is 5.32 Å². The van der Waals surface area contributed by atoms with Crippen molar-refractivity contribution in [3.8, 4) is 0 Å². The fraction of sp³-hybridized carbons (Fsp3) is 0.579. The molecular weight excluding hydrogens is 356 g/mol. The number of rotatable bonds is 5. The summed E-state index contributed by atoms with van der Waals surface area (Å²) < 4.78 is 10.7. The van der Waals surface area contributed by atoms with Crippen molar-refractivity contribution in [2.45, 2.75) is 31.9 Å². The molecule has 0 atom stereocenters. The number of hydrogen-bond acceptors (Lipinski definition) is 4. The Morgan fingerprint density at radius 3 is 2.85 bits per heavy atom. The molecule has 7 heteroatoms. The third-order valence-corrected chi connectivity index (χ3v) is 6.01. The van der Waals surface area contributed by atoms with Gasteiger partial charge in [0.05, 0.1) is 18.8 Å². The molecule has 2 saturated heterocycles. The maximum Gasteiger partial charge on any atom is 0.407 e. The number of benzene rings is 1.